The Morgan fingerprint density at radius 2 is 1.95 bits per heavy atom. The second-order valence-electron chi connectivity index (χ2n) is 5.04. The molecule has 0 saturated carbocycles. The number of nitrogens with two attached hydrogens (primary N) is 1. The van der Waals surface area contributed by atoms with Crippen molar-refractivity contribution in [3.05, 3.63) is 18.2 Å². The Kier molecular flexibility index (Phi) is 4.47. The fourth-order valence-electron chi connectivity index (χ4n) is 1.58. The molecule has 1 rings (SSSR count). The fourth-order valence-corrected chi connectivity index (χ4v) is 3.19. The van der Waals surface area contributed by atoms with Gasteiger partial charge in [0, 0.05) is 12.6 Å². The van der Waals surface area contributed by atoms with Crippen LogP contribution in [0.3, 0.4) is 0 Å². The van der Waals surface area contributed by atoms with Crippen molar-refractivity contribution in [1.29, 1.82) is 0 Å². The molecule has 1 aromatic carbocycles. The van der Waals surface area contributed by atoms with E-state index in [-0.39, 0.29) is 4.90 Å². The summed E-state index contributed by atoms with van der Waals surface area (Å²) in [5.74, 6) is 0.469. The molecule has 0 saturated heterocycles. The average molecular weight is 286 g/mol. The Balaban J connectivity index is 3.25. The third kappa shape index (κ3) is 3.01. The molecule has 0 aliphatic heterocycles. The lowest BCUT2D eigenvalue weighted by molar-refractivity contribution is 0.257. The third-order valence-electron chi connectivity index (χ3n) is 3.58. The molecule has 0 aromatic heterocycles. The van der Waals surface area contributed by atoms with E-state index in [2.05, 4.69) is 0 Å². The van der Waals surface area contributed by atoms with Gasteiger partial charge in [0.2, 0.25) is 10.0 Å². The van der Waals surface area contributed by atoms with Gasteiger partial charge >= 0.3 is 0 Å². The number of hydrogen-bond acceptors (Lipinski definition) is 4. The van der Waals surface area contributed by atoms with E-state index in [9.17, 15) is 8.42 Å². The van der Waals surface area contributed by atoms with Crippen LogP contribution >= 0.6 is 0 Å². The minimum atomic E-state index is -3.56. The Labute approximate surface area is 115 Å². The summed E-state index contributed by atoms with van der Waals surface area (Å²) in [4.78, 5) is 0.176. The van der Waals surface area contributed by atoms with Crippen LogP contribution in [0.4, 0.5) is 5.69 Å². The molecule has 0 atom stereocenters. The number of nitrogen functional groups attached to an aromatic ring is 1. The quantitative estimate of drug-likeness (QED) is 0.841. The van der Waals surface area contributed by atoms with Crippen molar-refractivity contribution in [1.82, 2.24) is 4.31 Å². The van der Waals surface area contributed by atoms with Crippen molar-refractivity contribution in [3.63, 3.8) is 0 Å². The normalized spacial score (nSPS) is 12.7. The van der Waals surface area contributed by atoms with Crippen LogP contribution in [-0.4, -0.2) is 32.4 Å². The minimum absolute atomic E-state index is 0.176. The number of anilines is 1. The molecule has 0 aliphatic rings. The largest absolute Gasteiger partial charge is 0.495 e. The van der Waals surface area contributed by atoms with Crippen LogP contribution in [0, 0.1) is 0 Å². The third-order valence-corrected chi connectivity index (χ3v) is 5.64. The first-order valence-electron chi connectivity index (χ1n) is 6.09. The number of nitrogens with zero attached hydrogens (tertiary/aromatic N) is 1. The van der Waals surface area contributed by atoms with Gasteiger partial charge in [0.15, 0.2) is 0 Å². The second kappa shape index (κ2) is 5.38. The maximum atomic E-state index is 12.5. The molecule has 2 N–H and O–H groups in total. The van der Waals surface area contributed by atoms with Crippen LogP contribution in [0.15, 0.2) is 23.1 Å². The topological polar surface area (TPSA) is 72.6 Å². The lowest BCUT2D eigenvalue weighted by atomic mass is 10.0. The predicted octanol–water partition coefficient (Wildman–Crippen LogP) is 2.09. The van der Waals surface area contributed by atoms with Crippen LogP contribution in [-0.2, 0) is 10.0 Å². The summed E-state index contributed by atoms with van der Waals surface area (Å²) in [5, 5.41) is 0. The molecule has 0 aliphatic carbocycles. The Morgan fingerprint density at radius 3 is 2.37 bits per heavy atom. The molecule has 0 heterocycles. The van der Waals surface area contributed by atoms with E-state index in [1.807, 2.05) is 20.8 Å². The van der Waals surface area contributed by atoms with E-state index in [1.54, 1.807) is 13.1 Å². The van der Waals surface area contributed by atoms with Gasteiger partial charge in [-0.05, 0) is 38.5 Å². The summed E-state index contributed by atoms with van der Waals surface area (Å²) >= 11 is 0. The number of ether oxygens (including phenoxy) is 1. The monoisotopic (exact) mass is 286 g/mol. The van der Waals surface area contributed by atoms with Gasteiger partial charge in [0.05, 0.1) is 17.7 Å². The second-order valence-corrected chi connectivity index (χ2v) is 7.01. The zero-order valence-corrected chi connectivity index (χ0v) is 12.9. The summed E-state index contributed by atoms with van der Waals surface area (Å²) in [7, 11) is -0.484. The van der Waals surface area contributed by atoms with Gasteiger partial charge in [-0.2, -0.15) is 4.31 Å². The van der Waals surface area contributed by atoms with Gasteiger partial charge in [-0.25, -0.2) is 8.42 Å². The summed E-state index contributed by atoms with van der Waals surface area (Å²) in [6, 6.07) is 4.50. The van der Waals surface area contributed by atoms with Crippen LogP contribution in [0.25, 0.3) is 0 Å². The molecule has 0 amide bonds. The van der Waals surface area contributed by atoms with Crippen molar-refractivity contribution in [2.45, 2.75) is 37.6 Å². The van der Waals surface area contributed by atoms with Crippen LogP contribution in [0.5, 0.6) is 5.75 Å². The van der Waals surface area contributed by atoms with Crippen molar-refractivity contribution >= 4 is 15.7 Å². The summed E-state index contributed by atoms with van der Waals surface area (Å²) in [6.45, 7) is 5.73. The Morgan fingerprint density at radius 1 is 1.37 bits per heavy atom. The van der Waals surface area contributed by atoms with E-state index >= 15 is 0 Å². The van der Waals surface area contributed by atoms with E-state index in [0.717, 1.165) is 0 Å². The van der Waals surface area contributed by atoms with E-state index in [4.69, 9.17) is 10.5 Å². The molecule has 6 heteroatoms. The molecule has 0 unspecified atom stereocenters. The molecule has 1 aromatic rings. The Bertz CT molecular complexity index is 553. The van der Waals surface area contributed by atoms with Crippen molar-refractivity contribution in [2.75, 3.05) is 19.9 Å². The maximum Gasteiger partial charge on any atom is 0.243 e. The zero-order chi connectivity index (χ0) is 14.8. The van der Waals surface area contributed by atoms with E-state index in [1.165, 1.54) is 23.5 Å². The highest BCUT2D eigenvalue weighted by Crippen LogP contribution is 2.29. The lowest BCUT2D eigenvalue weighted by Crippen LogP contribution is -2.44. The zero-order valence-electron chi connectivity index (χ0n) is 12.1. The predicted molar refractivity (Wildman–Crippen MR) is 76.7 cm³/mol. The van der Waals surface area contributed by atoms with Gasteiger partial charge in [-0.15, -0.1) is 0 Å². The van der Waals surface area contributed by atoms with E-state index < -0.39 is 15.6 Å². The molecular weight excluding hydrogens is 264 g/mol. The average Bonchev–Trinajstić information content (AvgIpc) is 2.37. The Hall–Kier alpha value is -1.27. The highest BCUT2D eigenvalue weighted by Gasteiger charge is 2.32. The van der Waals surface area contributed by atoms with Crippen LogP contribution < -0.4 is 10.5 Å². The number of sulfonamides is 1. The lowest BCUT2D eigenvalue weighted by Gasteiger charge is -2.33. The van der Waals surface area contributed by atoms with Gasteiger partial charge in [0.25, 0.3) is 0 Å². The first-order chi connectivity index (χ1) is 8.66. The molecular formula is C13H22N2O3S. The molecule has 5 nitrogen and oxygen atoms in total. The standard InChI is InChI=1S/C13H22N2O3S/c1-6-13(2,3)15(4)19(16,17)10-7-8-12(18-5)11(14)9-10/h7-9H,6,14H2,1-5H3. The molecule has 0 bridgehead atoms. The van der Waals surface area contributed by atoms with Crippen molar-refractivity contribution in [2.24, 2.45) is 0 Å². The van der Waals surface area contributed by atoms with Crippen LogP contribution in [0.1, 0.15) is 27.2 Å². The molecule has 19 heavy (non-hydrogen) atoms. The summed E-state index contributed by atoms with van der Waals surface area (Å²) < 4.78 is 31.4. The number of hydrogen-bond donors (Lipinski definition) is 1. The van der Waals surface area contributed by atoms with Gasteiger partial charge < -0.3 is 10.5 Å². The number of methoxy groups -OCH3 is 1. The number of benzene rings is 1. The van der Waals surface area contributed by atoms with Crippen molar-refractivity contribution in [3.8, 4) is 5.75 Å². The highest BCUT2D eigenvalue weighted by atomic mass is 32.2. The summed E-state index contributed by atoms with van der Waals surface area (Å²) in [5.41, 5.74) is 5.62. The molecule has 0 radical (unpaired) electrons. The number of rotatable bonds is 5. The first-order valence-corrected chi connectivity index (χ1v) is 7.53. The van der Waals surface area contributed by atoms with Crippen molar-refractivity contribution < 1.29 is 13.2 Å². The maximum absolute atomic E-state index is 12.5. The van der Waals surface area contributed by atoms with Gasteiger partial charge in [-0.3, -0.25) is 0 Å². The fraction of sp³-hybridized carbons (Fsp3) is 0.538. The molecule has 0 fully saturated rings. The van der Waals surface area contributed by atoms with Crippen LogP contribution in [0.2, 0.25) is 0 Å². The highest BCUT2D eigenvalue weighted by molar-refractivity contribution is 7.89. The van der Waals surface area contributed by atoms with Gasteiger partial charge in [0.1, 0.15) is 5.75 Å². The minimum Gasteiger partial charge on any atom is -0.495 e. The SMILES string of the molecule is CCC(C)(C)N(C)S(=O)(=O)c1ccc(OC)c(N)c1. The first kappa shape index (κ1) is 15.8. The van der Waals surface area contributed by atoms with Gasteiger partial charge in [-0.1, -0.05) is 6.92 Å². The summed E-state index contributed by atoms with van der Waals surface area (Å²) in [6.07, 6.45) is 0.717. The van der Waals surface area contributed by atoms with E-state index in [0.29, 0.717) is 17.9 Å². The smallest absolute Gasteiger partial charge is 0.243 e. The molecule has 108 valence electrons. The molecule has 0 spiro atoms.